The Hall–Kier alpha value is -3.20. The predicted molar refractivity (Wildman–Crippen MR) is 146 cm³/mol. The maximum Gasteiger partial charge on any atom is 1.00 e. The molecule has 0 fully saturated rings. The molecule has 202 valence electrons. The number of halogens is 1. The van der Waals surface area contributed by atoms with Crippen LogP contribution in [0.4, 0.5) is 5.69 Å². The predicted octanol–water partition coefficient (Wildman–Crippen LogP) is 2.33. The molecule has 0 heterocycles. The third kappa shape index (κ3) is 8.40. The molecule has 0 atom stereocenters. The summed E-state index contributed by atoms with van der Waals surface area (Å²) in [7, 11) is -4.19. The Bertz CT molecular complexity index is 1620. The van der Waals surface area contributed by atoms with Crippen molar-refractivity contribution in [1.29, 1.82) is 5.26 Å². The van der Waals surface area contributed by atoms with Crippen LogP contribution in [-0.4, -0.2) is 32.6 Å². The Balaban J connectivity index is 0.00000560. The minimum Gasteiger partial charge on any atom is -0.542 e. The molecule has 0 aliphatic heterocycles. The molecule has 3 aromatic rings. The van der Waals surface area contributed by atoms with E-state index in [0.717, 1.165) is 5.56 Å². The summed E-state index contributed by atoms with van der Waals surface area (Å²) in [4.78, 5) is 37.4. The molecule has 0 spiro atoms. The molecule has 0 radical (unpaired) electrons. The molecule has 0 aliphatic carbocycles. The molecule has 0 bridgehead atoms. The molecular weight excluding hydrogens is 565 g/mol. The van der Waals surface area contributed by atoms with Crippen LogP contribution in [0.3, 0.4) is 0 Å². The van der Waals surface area contributed by atoms with Gasteiger partial charge in [0.25, 0.3) is 5.91 Å². The fourth-order valence-electron chi connectivity index (χ4n) is 3.48. The van der Waals surface area contributed by atoms with Gasteiger partial charge in [-0.2, -0.15) is 5.26 Å². The van der Waals surface area contributed by atoms with Crippen LogP contribution in [-0.2, 0) is 19.6 Å². The van der Waals surface area contributed by atoms with Crippen molar-refractivity contribution >= 4 is 44.9 Å². The van der Waals surface area contributed by atoms with E-state index in [1.54, 1.807) is 39.8 Å². The third-order valence-corrected chi connectivity index (χ3v) is 6.99. The summed E-state index contributed by atoms with van der Waals surface area (Å²) in [6.07, 6.45) is 0. The molecule has 0 unspecified atom stereocenters. The van der Waals surface area contributed by atoms with E-state index in [1.807, 2.05) is 6.07 Å². The normalized spacial score (nSPS) is 10.7. The first-order valence-corrected chi connectivity index (χ1v) is 13.5. The number of hydrogen-bond donors (Lipinski definition) is 1. The average Bonchev–Trinajstić information content (AvgIpc) is 2.87. The van der Waals surface area contributed by atoms with Gasteiger partial charge >= 0.3 is 29.6 Å². The number of anilines is 1. The topological polar surface area (TPSA) is 144 Å². The summed E-state index contributed by atoms with van der Waals surface area (Å²) < 4.78 is 33.8. The van der Waals surface area contributed by atoms with Crippen LogP contribution in [0, 0.1) is 31.1 Å². The number of sulfonamides is 1. The van der Waals surface area contributed by atoms with Crippen molar-refractivity contribution in [3.05, 3.63) is 92.2 Å². The number of carbonyl (C=O) groups is 3. The number of amides is 2. The number of rotatable bonds is 9. The molecule has 0 aliphatic rings. The molecule has 2 amide bonds. The van der Waals surface area contributed by atoms with E-state index in [1.165, 1.54) is 42.5 Å². The Kier molecular flexibility index (Phi) is 11.5. The Morgan fingerprint density at radius 3 is 2.38 bits per heavy atom. The SMILES string of the molecule is Cc1cc(C#N)cc(C(=O)c2cc(Cl)ccc2OCC(=O)Nc2ccc(S(=O)(=O)[N-]C(=O)C(C)C)cc2C)c1.[Na+]. The molecule has 12 heteroatoms. The average molecular weight is 590 g/mol. The summed E-state index contributed by atoms with van der Waals surface area (Å²) in [6.45, 7) is 5.98. The quantitative estimate of drug-likeness (QED) is 0.298. The first kappa shape index (κ1) is 33.0. The van der Waals surface area contributed by atoms with Crippen LogP contribution in [0.15, 0.2) is 59.5 Å². The second-order valence-corrected chi connectivity index (χ2v) is 11.1. The van der Waals surface area contributed by atoms with Gasteiger partial charge in [-0.1, -0.05) is 25.4 Å². The molecule has 40 heavy (non-hydrogen) atoms. The van der Waals surface area contributed by atoms with E-state index in [0.29, 0.717) is 16.8 Å². The fourth-order valence-corrected chi connectivity index (χ4v) is 4.77. The Morgan fingerprint density at radius 1 is 1.05 bits per heavy atom. The summed E-state index contributed by atoms with van der Waals surface area (Å²) in [5.74, 6) is -2.20. The Morgan fingerprint density at radius 2 is 1.75 bits per heavy atom. The molecule has 0 aromatic heterocycles. The van der Waals surface area contributed by atoms with Crippen LogP contribution < -0.4 is 39.6 Å². The van der Waals surface area contributed by atoms with Gasteiger partial charge in [0.15, 0.2) is 12.4 Å². The first-order chi connectivity index (χ1) is 18.3. The number of hydrogen-bond acceptors (Lipinski definition) is 7. The van der Waals surface area contributed by atoms with Gasteiger partial charge in [0.2, 0.25) is 0 Å². The Labute approximate surface area is 260 Å². The number of nitriles is 1. The maximum absolute atomic E-state index is 13.2. The van der Waals surface area contributed by atoms with Gasteiger partial charge in [0, 0.05) is 16.3 Å². The number of carbonyl (C=O) groups excluding carboxylic acids is 3. The van der Waals surface area contributed by atoms with E-state index >= 15 is 0 Å². The van der Waals surface area contributed by atoms with Gasteiger partial charge in [0.05, 0.1) is 28.0 Å². The minimum absolute atomic E-state index is 0. The van der Waals surface area contributed by atoms with Gasteiger partial charge < -0.3 is 19.6 Å². The van der Waals surface area contributed by atoms with Gasteiger partial charge in [-0.05, 0) is 85.5 Å². The molecule has 0 saturated carbocycles. The van der Waals surface area contributed by atoms with Crippen LogP contribution in [0.2, 0.25) is 5.02 Å². The van der Waals surface area contributed by atoms with Crippen molar-refractivity contribution in [2.75, 3.05) is 11.9 Å². The van der Waals surface area contributed by atoms with Crippen molar-refractivity contribution in [1.82, 2.24) is 0 Å². The summed E-state index contributed by atoms with van der Waals surface area (Å²) in [5.41, 5.74) is 2.21. The standard InChI is InChI=1S/C28H26ClN3O6S.Na/c1-16(2)28(35)32-39(36,37)22-6-7-24(18(4)11-22)31-26(33)15-38-25-8-5-21(29)13-23(25)27(34)20-10-17(3)9-19(12-20)14-30;/h5-13,16H,15H2,1-4H3,(H2,31,32,33,35);/q;+1/p-1. The summed E-state index contributed by atoms with van der Waals surface area (Å²) in [5, 5.41) is 12.2. The largest absolute Gasteiger partial charge is 1.00 e. The number of nitrogens with one attached hydrogen (secondary N) is 1. The zero-order chi connectivity index (χ0) is 28.9. The second-order valence-electron chi connectivity index (χ2n) is 9.04. The smallest absolute Gasteiger partial charge is 0.542 e. The first-order valence-electron chi connectivity index (χ1n) is 11.7. The number of aryl methyl sites for hydroxylation is 2. The van der Waals surface area contributed by atoms with Crippen molar-refractivity contribution in [3.8, 4) is 11.8 Å². The van der Waals surface area contributed by atoms with Gasteiger partial charge in [0.1, 0.15) is 15.8 Å². The van der Waals surface area contributed by atoms with Gasteiger partial charge in [-0.15, -0.1) is 0 Å². The number of nitrogens with zero attached hydrogens (tertiary/aromatic N) is 2. The van der Waals surface area contributed by atoms with Crippen LogP contribution >= 0.6 is 11.6 Å². The van der Waals surface area contributed by atoms with Crippen molar-refractivity contribution in [3.63, 3.8) is 0 Å². The monoisotopic (exact) mass is 589 g/mol. The van der Waals surface area contributed by atoms with Crippen molar-refractivity contribution < 1.29 is 57.1 Å². The van der Waals surface area contributed by atoms with E-state index in [-0.39, 0.29) is 56.4 Å². The van der Waals surface area contributed by atoms with Crippen LogP contribution in [0.1, 0.15) is 46.5 Å². The van der Waals surface area contributed by atoms with E-state index in [2.05, 4.69) is 10.0 Å². The molecular formula is C28H25ClN3NaO6S. The van der Waals surface area contributed by atoms with E-state index in [9.17, 15) is 28.1 Å². The van der Waals surface area contributed by atoms with Crippen LogP contribution in [0.5, 0.6) is 5.75 Å². The molecule has 9 nitrogen and oxygen atoms in total. The molecule has 1 N–H and O–H groups in total. The number of ketones is 1. The maximum atomic E-state index is 13.2. The zero-order valence-electron chi connectivity index (χ0n) is 22.6. The number of ether oxygens (including phenoxy) is 1. The van der Waals surface area contributed by atoms with Gasteiger partial charge in [-0.25, -0.2) is 8.42 Å². The zero-order valence-corrected chi connectivity index (χ0v) is 26.2. The second kappa shape index (κ2) is 13.9. The van der Waals surface area contributed by atoms with Crippen LogP contribution in [0.25, 0.3) is 4.72 Å². The molecule has 3 rings (SSSR count). The molecule has 3 aromatic carbocycles. The third-order valence-electron chi connectivity index (χ3n) is 5.49. The fraction of sp³-hybridized carbons (Fsp3) is 0.214. The molecule has 0 saturated heterocycles. The summed E-state index contributed by atoms with van der Waals surface area (Å²) in [6, 6.07) is 15.1. The minimum atomic E-state index is -4.19. The summed E-state index contributed by atoms with van der Waals surface area (Å²) >= 11 is 6.11. The van der Waals surface area contributed by atoms with E-state index < -0.39 is 40.1 Å². The van der Waals surface area contributed by atoms with E-state index in [4.69, 9.17) is 16.3 Å². The van der Waals surface area contributed by atoms with Crippen molar-refractivity contribution in [2.45, 2.75) is 32.6 Å². The van der Waals surface area contributed by atoms with Crippen molar-refractivity contribution in [2.24, 2.45) is 5.92 Å². The number of benzene rings is 3. The van der Waals surface area contributed by atoms with Gasteiger partial charge in [-0.3, -0.25) is 9.59 Å².